The molecule has 5 aromatic rings. The molecule has 2 saturated heterocycles. The topological polar surface area (TPSA) is 158 Å². The Morgan fingerprint density at radius 1 is 0.967 bits per heavy atom. The van der Waals surface area contributed by atoms with Gasteiger partial charge in [-0.25, -0.2) is 9.78 Å². The lowest BCUT2D eigenvalue weighted by Crippen LogP contribution is -2.45. The summed E-state index contributed by atoms with van der Waals surface area (Å²) in [5.74, 6) is -0.0734. The Kier molecular flexibility index (Phi) is 11.1. The number of carbonyl (C=O) groups is 3. The third-order valence-corrected chi connectivity index (χ3v) is 12.4. The van der Waals surface area contributed by atoms with E-state index in [9.17, 15) is 32.3 Å². The van der Waals surface area contributed by atoms with E-state index in [0.29, 0.717) is 45.7 Å². The molecule has 18 heteroatoms. The minimum absolute atomic E-state index is 0.173. The van der Waals surface area contributed by atoms with Crippen LogP contribution in [0.1, 0.15) is 79.6 Å². The highest BCUT2D eigenvalue weighted by molar-refractivity contribution is 6.05. The number of hydrogen-bond donors (Lipinski definition) is 2. The summed E-state index contributed by atoms with van der Waals surface area (Å²) in [7, 11) is 6.98. The Morgan fingerprint density at radius 2 is 1.70 bits per heavy atom. The summed E-state index contributed by atoms with van der Waals surface area (Å²) in [6, 6.07) is 10.1. The quantitative estimate of drug-likeness (QED) is 0.168. The lowest BCUT2D eigenvalue weighted by Gasteiger charge is -2.40. The van der Waals surface area contributed by atoms with Crippen LogP contribution < -0.4 is 30.7 Å². The van der Waals surface area contributed by atoms with Crippen molar-refractivity contribution in [2.45, 2.75) is 75.7 Å². The molecule has 15 nitrogen and oxygen atoms in total. The standard InChI is InChI=1S/C42H48F3N9O6/c1-50(26-16-18-52(19-17-26)38-33(59-3)14-12-31-37(38)51(2)41(58)54(31)32-13-15-36(55)48-40(32)57)22-24-8-10-27(11-9-24)53-23-25-20-30(34(60-4)21-29(25)49-53)47-39(56)28-6-5-7-35(46-28)42(43,44)45/h5-7,12,14,20-21,23-24,26-27,32H,8-11,13,15-19,22H2,1-4H3,(H,47,56)(H,48,55,57). The summed E-state index contributed by atoms with van der Waals surface area (Å²) in [6.45, 7) is 2.50. The molecule has 1 saturated carbocycles. The maximum absolute atomic E-state index is 13.6. The molecular formula is C42H48F3N9O6. The zero-order valence-electron chi connectivity index (χ0n) is 33.9. The van der Waals surface area contributed by atoms with Crippen LogP contribution in [-0.2, 0) is 22.8 Å². The van der Waals surface area contributed by atoms with E-state index in [1.165, 1.54) is 17.7 Å². The van der Waals surface area contributed by atoms with Gasteiger partial charge in [0.05, 0.1) is 42.5 Å². The first-order valence-electron chi connectivity index (χ1n) is 20.2. The molecule has 8 rings (SSSR count). The van der Waals surface area contributed by atoms with Gasteiger partial charge in [0.25, 0.3) is 5.91 Å². The Morgan fingerprint density at radius 3 is 2.38 bits per heavy atom. The molecule has 0 bridgehead atoms. The largest absolute Gasteiger partial charge is 0.494 e. The van der Waals surface area contributed by atoms with Crippen LogP contribution in [0.3, 0.4) is 0 Å². The molecule has 0 radical (unpaired) electrons. The van der Waals surface area contributed by atoms with Gasteiger partial charge in [-0.05, 0) is 88.2 Å². The van der Waals surface area contributed by atoms with Crippen molar-refractivity contribution in [2.24, 2.45) is 13.0 Å². The normalized spacial score (nSPS) is 20.5. The molecule has 3 aliphatic rings. The van der Waals surface area contributed by atoms with E-state index in [4.69, 9.17) is 14.6 Å². The Bertz CT molecular complexity index is 2510. The van der Waals surface area contributed by atoms with Crippen molar-refractivity contribution >= 4 is 51.0 Å². The number of methoxy groups -OCH3 is 2. The molecule has 5 heterocycles. The molecule has 3 amide bonds. The summed E-state index contributed by atoms with van der Waals surface area (Å²) in [4.78, 5) is 59.4. The molecule has 1 aliphatic carbocycles. The monoisotopic (exact) mass is 831 g/mol. The number of ether oxygens (including phenoxy) is 2. The van der Waals surface area contributed by atoms with E-state index in [1.54, 1.807) is 30.9 Å². The molecule has 2 aliphatic heterocycles. The lowest BCUT2D eigenvalue weighted by molar-refractivity contribution is -0.141. The van der Waals surface area contributed by atoms with Crippen molar-refractivity contribution in [1.82, 2.24) is 34.1 Å². The summed E-state index contributed by atoms with van der Waals surface area (Å²) in [6.07, 6.45) is 3.53. The number of anilines is 2. The van der Waals surface area contributed by atoms with Crippen LogP contribution in [0.15, 0.2) is 53.5 Å². The Balaban J connectivity index is 0.884. The van der Waals surface area contributed by atoms with E-state index in [2.05, 4.69) is 32.5 Å². The number of benzene rings is 2. The van der Waals surface area contributed by atoms with Gasteiger partial charge in [-0.15, -0.1) is 0 Å². The van der Waals surface area contributed by atoms with E-state index >= 15 is 0 Å². The third-order valence-electron chi connectivity index (χ3n) is 12.4. The van der Waals surface area contributed by atoms with Crippen molar-refractivity contribution in [3.8, 4) is 11.5 Å². The van der Waals surface area contributed by atoms with Crippen LogP contribution in [-0.4, -0.2) is 93.5 Å². The zero-order valence-corrected chi connectivity index (χ0v) is 33.9. The fourth-order valence-electron chi connectivity index (χ4n) is 9.25. The second-order valence-electron chi connectivity index (χ2n) is 16.1. The first-order valence-corrected chi connectivity index (χ1v) is 20.2. The maximum Gasteiger partial charge on any atom is 0.433 e. The fourth-order valence-corrected chi connectivity index (χ4v) is 9.25. The van der Waals surface area contributed by atoms with Crippen LogP contribution in [0.2, 0.25) is 0 Å². The summed E-state index contributed by atoms with van der Waals surface area (Å²) in [5, 5.41) is 10.6. The second-order valence-corrected chi connectivity index (χ2v) is 16.1. The van der Waals surface area contributed by atoms with Crippen molar-refractivity contribution in [3.05, 3.63) is 70.5 Å². The van der Waals surface area contributed by atoms with Gasteiger partial charge in [0.15, 0.2) is 0 Å². The maximum atomic E-state index is 13.6. The van der Waals surface area contributed by atoms with Gasteiger partial charge >= 0.3 is 11.9 Å². The summed E-state index contributed by atoms with van der Waals surface area (Å²) < 4.78 is 56.0. The number of nitrogens with zero attached hydrogens (tertiary/aromatic N) is 7. The molecule has 2 aromatic carbocycles. The number of aromatic nitrogens is 5. The van der Waals surface area contributed by atoms with Crippen LogP contribution >= 0.6 is 0 Å². The van der Waals surface area contributed by atoms with Crippen LogP contribution in [0.5, 0.6) is 11.5 Å². The number of imide groups is 1. The van der Waals surface area contributed by atoms with Crippen molar-refractivity contribution in [1.29, 1.82) is 0 Å². The minimum atomic E-state index is -4.67. The Labute approximate surface area is 343 Å². The molecule has 0 spiro atoms. The number of pyridine rings is 1. The predicted octanol–water partition coefficient (Wildman–Crippen LogP) is 5.68. The van der Waals surface area contributed by atoms with Crippen molar-refractivity contribution in [3.63, 3.8) is 0 Å². The number of rotatable bonds is 10. The van der Waals surface area contributed by atoms with Crippen LogP contribution in [0.4, 0.5) is 24.5 Å². The van der Waals surface area contributed by atoms with Crippen molar-refractivity contribution < 1.29 is 37.0 Å². The molecule has 1 unspecified atom stereocenters. The number of amides is 3. The van der Waals surface area contributed by atoms with E-state index in [0.717, 1.165) is 81.4 Å². The number of hydrogen-bond acceptors (Lipinski definition) is 10. The third kappa shape index (κ3) is 7.79. The van der Waals surface area contributed by atoms with Crippen LogP contribution in [0.25, 0.3) is 21.9 Å². The number of halogens is 3. The fraction of sp³-hybridized carbons (Fsp3) is 0.476. The molecule has 318 valence electrons. The number of fused-ring (bicyclic) bond motifs is 2. The predicted molar refractivity (Wildman–Crippen MR) is 217 cm³/mol. The van der Waals surface area contributed by atoms with Crippen LogP contribution in [0, 0.1) is 5.92 Å². The van der Waals surface area contributed by atoms with Crippen molar-refractivity contribution in [2.75, 3.05) is 51.1 Å². The smallest absolute Gasteiger partial charge is 0.433 e. The number of piperidine rings is 2. The van der Waals surface area contributed by atoms with Gasteiger partial charge in [0, 0.05) is 56.8 Å². The minimum Gasteiger partial charge on any atom is -0.494 e. The molecule has 2 N–H and O–H groups in total. The highest BCUT2D eigenvalue weighted by Crippen LogP contribution is 2.40. The highest BCUT2D eigenvalue weighted by atomic mass is 19.4. The number of imidazole rings is 1. The number of alkyl halides is 3. The van der Waals surface area contributed by atoms with E-state index in [-0.39, 0.29) is 36.2 Å². The zero-order chi connectivity index (χ0) is 42.5. The molecule has 3 fully saturated rings. The second kappa shape index (κ2) is 16.3. The SMILES string of the molecule is COc1cc2nn(C3CCC(CN(C)C4CCN(c5c(OC)ccc6c5n(C)c(=O)n6C5CCC(=O)NC5=O)CC4)CC3)cc2cc1NC(=O)c1cccc(C(F)(F)F)n1. The summed E-state index contributed by atoms with van der Waals surface area (Å²) in [5.41, 5.74) is 1.33. The van der Waals surface area contributed by atoms with Gasteiger partial charge in [0.2, 0.25) is 11.8 Å². The van der Waals surface area contributed by atoms with E-state index in [1.807, 2.05) is 23.0 Å². The van der Waals surface area contributed by atoms with Gasteiger partial charge in [-0.2, -0.15) is 18.3 Å². The molecule has 1 atom stereocenters. The number of carbonyl (C=O) groups excluding carboxylic acids is 3. The summed E-state index contributed by atoms with van der Waals surface area (Å²) >= 11 is 0. The molecule has 3 aromatic heterocycles. The number of nitrogens with one attached hydrogen (secondary N) is 2. The van der Waals surface area contributed by atoms with Gasteiger partial charge < -0.3 is 24.6 Å². The van der Waals surface area contributed by atoms with Gasteiger partial charge in [-0.1, -0.05) is 6.07 Å². The van der Waals surface area contributed by atoms with Gasteiger partial charge in [-0.3, -0.25) is 33.5 Å². The average molecular weight is 832 g/mol. The van der Waals surface area contributed by atoms with Gasteiger partial charge in [0.1, 0.15) is 34.6 Å². The average Bonchev–Trinajstić information content (AvgIpc) is 3.77. The lowest BCUT2D eigenvalue weighted by atomic mass is 9.85. The first-order chi connectivity index (χ1) is 28.7. The number of aryl methyl sites for hydroxylation is 1. The molecular weight excluding hydrogens is 784 g/mol. The molecule has 60 heavy (non-hydrogen) atoms. The first kappa shape index (κ1) is 40.9. The Hall–Kier alpha value is -5.91. The highest BCUT2D eigenvalue weighted by Gasteiger charge is 2.35. The van der Waals surface area contributed by atoms with E-state index < -0.39 is 29.7 Å².